The van der Waals surface area contributed by atoms with Crippen LogP contribution in [-0.2, 0) is 19.5 Å². The summed E-state index contributed by atoms with van der Waals surface area (Å²) in [6.45, 7) is 3.61. The van der Waals surface area contributed by atoms with Crippen molar-refractivity contribution < 1.29 is 14.3 Å². The van der Waals surface area contributed by atoms with Gasteiger partial charge in [0.15, 0.2) is 5.82 Å². The van der Waals surface area contributed by atoms with Gasteiger partial charge in [0.25, 0.3) is 0 Å². The van der Waals surface area contributed by atoms with Crippen molar-refractivity contribution in [2.75, 3.05) is 25.7 Å². The number of benzene rings is 1. The molecule has 1 aromatic carbocycles. The van der Waals surface area contributed by atoms with Gasteiger partial charge in [-0.1, -0.05) is 6.42 Å². The van der Waals surface area contributed by atoms with Crippen LogP contribution in [0.5, 0.6) is 11.5 Å². The number of ether oxygens (including phenoxy) is 2. The van der Waals surface area contributed by atoms with Gasteiger partial charge in [-0.2, -0.15) is 0 Å². The summed E-state index contributed by atoms with van der Waals surface area (Å²) in [5.41, 5.74) is 0.633. The maximum absolute atomic E-state index is 12.8. The number of hydrogen-bond acceptors (Lipinski definition) is 5. The zero-order valence-electron chi connectivity index (χ0n) is 16.2. The number of nitrogens with one attached hydrogen (secondary N) is 1. The summed E-state index contributed by atoms with van der Waals surface area (Å²) in [7, 11) is 3.19. The summed E-state index contributed by atoms with van der Waals surface area (Å²) >= 11 is 0. The van der Waals surface area contributed by atoms with Gasteiger partial charge in [-0.3, -0.25) is 4.90 Å². The first kappa shape index (κ1) is 19.0. The van der Waals surface area contributed by atoms with Gasteiger partial charge >= 0.3 is 6.03 Å². The van der Waals surface area contributed by atoms with Gasteiger partial charge < -0.3 is 19.4 Å². The number of anilines is 1. The van der Waals surface area contributed by atoms with Crippen LogP contribution in [0.4, 0.5) is 10.5 Å². The van der Waals surface area contributed by atoms with E-state index in [1.165, 1.54) is 6.42 Å². The van der Waals surface area contributed by atoms with Gasteiger partial charge in [0.1, 0.15) is 17.3 Å². The van der Waals surface area contributed by atoms with Crippen molar-refractivity contribution in [3.8, 4) is 11.5 Å². The van der Waals surface area contributed by atoms with E-state index in [1.54, 1.807) is 37.3 Å². The third-order valence-corrected chi connectivity index (χ3v) is 4.74. The molecular weight excluding hydrogens is 346 g/mol. The molecule has 0 unspecified atom stereocenters. The summed E-state index contributed by atoms with van der Waals surface area (Å²) in [4.78, 5) is 14.5. The minimum atomic E-state index is -0.213. The Kier molecular flexibility index (Phi) is 6.16. The second-order valence-electron chi connectivity index (χ2n) is 6.45. The van der Waals surface area contributed by atoms with Crippen LogP contribution in [0.2, 0.25) is 0 Å². The Labute approximate surface area is 159 Å². The predicted molar refractivity (Wildman–Crippen MR) is 102 cm³/mol. The van der Waals surface area contributed by atoms with Gasteiger partial charge in [0.05, 0.1) is 26.5 Å². The van der Waals surface area contributed by atoms with E-state index in [2.05, 4.69) is 20.1 Å². The lowest BCUT2D eigenvalue weighted by atomic mass is 10.2. The van der Waals surface area contributed by atoms with Gasteiger partial charge in [-0.25, -0.2) is 4.79 Å². The number of carbonyl (C=O) groups excluding carboxylic acids is 1. The molecular formula is C19H27N5O3. The highest BCUT2D eigenvalue weighted by Gasteiger charge is 2.24. The highest BCUT2D eigenvalue weighted by Crippen LogP contribution is 2.33. The molecule has 27 heavy (non-hydrogen) atoms. The van der Waals surface area contributed by atoms with Crippen molar-refractivity contribution in [3.63, 3.8) is 0 Å². The van der Waals surface area contributed by atoms with Crippen molar-refractivity contribution in [2.45, 2.75) is 45.7 Å². The number of nitrogens with zero attached hydrogens (tertiary/aromatic N) is 4. The topological polar surface area (TPSA) is 81.5 Å². The minimum absolute atomic E-state index is 0.213. The molecule has 3 rings (SSSR count). The molecule has 2 heterocycles. The van der Waals surface area contributed by atoms with E-state index in [0.29, 0.717) is 30.3 Å². The van der Waals surface area contributed by atoms with Crippen LogP contribution in [0.25, 0.3) is 0 Å². The normalized spacial score (nSPS) is 13.4. The maximum Gasteiger partial charge on any atom is 0.322 e. The van der Waals surface area contributed by atoms with E-state index in [9.17, 15) is 4.79 Å². The molecule has 0 aliphatic carbocycles. The molecule has 2 aromatic rings. The molecule has 1 aliphatic heterocycles. The molecule has 1 aromatic heterocycles. The van der Waals surface area contributed by atoms with E-state index in [0.717, 1.165) is 37.5 Å². The van der Waals surface area contributed by atoms with Gasteiger partial charge in [0.2, 0.25) is 0 Å². The molecule has 0 radical (unpaired) electrons. The fourth-order valence-electron chi connectivity index (χ4n) is 3.32. The van der Waals surface area contributed by atoms with E-state index in [-0.39, 0.29) is 6.03 Å². The fraction of sp³-hybridized carbons (Fsp3) is 0.526. The summed E-state index contributed by atoms with van der Waals surface area (Å²) < 4.78 is 13.0. The lowest BCUT2D eigenvalue weighted by Gasteiger charge is -2.25. The monoisotopic (exact) mass is 373 g/mol. The minimum Gasteiger partial charge on any atom is -0.497 e. The Hall–Kier alpha value is -2.77. The van der Waals surface area contributed by atoms with E-state index < -0.39 is 0 Å². The number of hydrogen-bond donors (Lipinski definition) is 1. The van der Waals surface area contributed by atoms with Crippen molar-refractivity contribution in [1.29, 1.82) is 0 Å². The summed E-state index contributed by atoms with van der Waals surface area (Å²) in [5.74, 6) is 3.02. The van der Waals surface area contributed by atoms with Gasteiger partial charge in [-0.05, 0) is 31.9 Å². The molecule has 0 saturated heterocycles. The first-order chi connectivity index (χ1) is 13.2. The summed E-state index contributed by atoms with van der Waals surface area (Å²) in [6, 6.07) is 5.19. The largest absolute Gasteiger partial charge is 0.497 e. The van der Waals surface area contributed by atoms with Crippen molar-refractivity contribution in [3.05, 3.63) is 29.8 Å². The van der Waals surface area contributed by atoms with Crippen LogP contribution >= 0.6 is 0 Å². The van der Waals surface area contributed by atoms with Crippen molar-refractivity contribution in [1.82, 2.24) is 20.1 Å². The van der Waals surface area contributed by atoms with Crippen molar-refractivity contribution in [2.24, 2.45) is 0 Å². The maximum atomic E-state index is 12.8. The fourth-order valence-corrected chi connectivity index (χ4v) is 3.32. The second kappa shape index (κ2) is 8.75. The van der Waals surface area contributed by atoms with Crippen LogP contribution in [0, 0.1) is 0 Å². The number of fused-ring (bicyclic) bond motifs is 1. The molecule has 146 valence electrons. The number of methoxy groups -OCH3 is 2. The van der Waals surface area contributed by atoms with E-state index >= 15 is 0 Å². The van der Waals surface area contributed by atoms with Crippen LogP contribution in [0.15, 0.2) is 18.2 Å². The van der Waals surface area contributed by atoms with Crippen LogP contribution in [0.3, 0.4) is 0 Å². The lowest BCUT2D eigenvalue weighted by Crippen LogP contribution is -2.40. The lowest BCUT2D eigenvalue weighted by molar-refractivity contribution is 0.246. The molecule has 1 aliphatic rings. The Morgan fingerprint density at radius 2 is 2.07 bits per heavy atom. The number of rotatable bonds is 6. The highest BCUT2D eigenvalue weighted by molar-refractivity contribution is 5.93. The third kappa shape index (κ3) is 4.15. The van der Waals surface area contributed by atoms with Crippen LogP contribution in [-0.4, -0.2) is 41.6 Å². The number of aromatic nitrogens is 3. The summed E-state index contributed by atoms with van der Waals surface area (Å²) in [6.07, 6.45) is 4.34. The molecule has 0 fully saturated rings. The van der Waals surface area contributed by atoms with Crippen molar-refractivity contribution >= 4 is 11.7 Å². The third-order valence-electron chi connectivity index (χ3n) is 4.74. The molecule has 0 atom stereocenters. The van der Waals surface area contributed by atoms with E-state index in [1.807, 2.05) is 6.92 Å². The number of carbonyl (C=O) groups is 1. The molecule has 8 nitrogen and oxygen atoms in total. The standard InChI is InChI=1S/C19H27N5O3/c1-4-20-19(25)24(15-12-14(26-2)9-10-16(15)27-3)13-18-22-21-17-8-6-5-7-11-23(17)18/h9-10,12H,4-8,11,13H2,1-3H3,(H,20,25). The average molecular weight is 373 g/mol. The zero-order chi connectivity index (χ0) is 19.2. The smallest absolute Gasteiger partial charge is 0.322 e. The quantitative estimate of drug-likeness (QED) is 0.842. The van der Waals surface area contributed by atoms with Gasteiger partial charge in [0, 0.05) is 25.6 Å². The second-order valence-corrected chi connectivity index (χ2v) is 6.45. The SMILES string of the molecule is CCNC(=O)N(Cc1nnc2n1CCCCC2)c1cc(OC)ccc1OC. The molecule has 8 heteroatoms. The summed E-state index contributed by atoms with van der Waals surface area (Å²) in [5, 5.41) is 11.6. The molecule has 0 bridgehead atoms. The highest BCUT2D eigenvalue weighted by atomic mass is 16.5. The average Bonchev–Trinajstić information content (AvgIpc) is 2.91. The zero-order valence-corrected chi connectivity index (χ0v) is 16.2. The number of amides is 2. The van der Waals surface area contributed by atoms with Crippen LogP contribution < -0.4 is 19.7 Å². The molecule has 2 amide bonds. The predicted octanol–water partition coefficient (Wildman–Crippen LogP) is 2.76. The Morgan fingerprint density at radius 1 is 1.22 bits per heavy atom. The molecule has 1 N–H and O–H groups in total. The van der Waals surface area contributed by atoms with Gasteiger partial charge in [-0.15, -0.1) is 10.2 Å². The first-order valence-electron chi connectivity index (χ1n) is 9.36. The first-order valence-corrected chi connectivity index (χ1v) is 9.36. The molecule has 0 saturated carbocycles. The number of urea groups is 1. The van der Waals surface area contributed by atoms with Crippen LogP contribution in [0.1, 0.15) is 37.8 Å². The Balaban J connectivity index is 1.98. The van der Waals surface area contributed by atoms with E-state index in [4.69, 9.17) is 9.47 Å². The Morgan fingerprint density at radius 3 is 2.81 bits per heavy atom. The molecule has 0 spiro atoms. The Bertz CT molecular complexity index is 790. The number of aryl methyl sites for hydroxylation is 1.